The highest BCUT2D eigenvalue weighted by Gasteiger charge is 2.39. The quantitative estimate of drug-likeness (QED) is 0.868. The van der Waals surface area contributed by atoms with E-state index in [-0.39, 0.29) is 11.2 Å². The van der Waals surface area contributed by atoms with Crippen molar-refractivity contribution < 1.29 is 9.21 Å². The number of carbonyl (C=O) groups is 1. The second kappa shape index (κ2) is 5.23. The van der Waals surface area contributed by atoms with E-state index in [0.29, 0.717) is 16.4 Å². The molecule has 106 valence electrons. The number of furan rings is 1. The zero-order valence-corrected chi connectivity index (χ0v) is 12.3. The Kier molecular flexibility index (Phi) is 3.57. The van der Waals surface area contributed by atoms with Gasteiger partial charge in [-0.1, -0.05) is 18.5 Å². The Hall–Kier alpha value is -1.32. The summed E-state index contributed by atoms with van der Waals surface area (Å²) in [6.07, 6.45) is 2.79. The topological polar surface area (TPSA) is 42.2 Å². The van der Waals surface area contributed by atoms with E-state index >= 15 is 0 Å². The van der Waals surface area contributed by atoms with Crippen LogP contribution in [-0.2, 0) is 0 Å². The molecule has 3 rings (SSSR count). The van der Waals surface area contributed by atoms with E-state index < -0.39 is 0 Å². The lowest BCUT2D eigenvalue weighted by molar-refractivity contribution is 0.0701. The first-order chi connectivity index (χ1) is 9.64. The lowest BCUT2D eigenvalue weighted by Crippen LogP contribution is -2.45. The summed E-state index contributed by atoms with van der Waals surface area (Å²) in [4.78, 5) is 12.8. The van der Waals surface area contributed by atoms with Crippen molar-refractivity contribution in [2.45, 2.75) is 26.2 Å². The van der Waals surface area contributed by atoms with Crippen LogP contribution in [0.2, 0.25) is 5.02 Å². The smallest absolute Gasteiger partial charge is 0.205 e. The van der Waals surface area contributed by atoms with Gasteiger partial charge in [-0.25, -0.2) is 0 Å². The molecule has 1 N–H and O–H groups in total. The number of hydrogen-bond acceptors (Lipinski definition) is 3. The van der Waals surface area contributed by atoms with Crippen LogP contribution in [0.25, 0.3) is 11.0 Å². The van der Waals surface area contributed by atoms with Crippen molar-refractivity contribution >= 4 is 28.4 Å². The molecule has 0 aliphatic carbocycles. The maximum absolute atomic E-state index is 12.8. The molecular formula is C16H18ClNO2. The Labute approximate surface area is 123 Å². The fourth-order valence-corrected chi connectivity index (χ4v) is 3.19. The van der Waals surface area contributed by atoms with Crippen molar-refractivity contribution in [3.8, 4) is 0 Å². The van der Waals surface area contributed by atoms with Crippen LogP contribution in [0.3, 0.4) is 0 Å². The lowest BCUT2D eigenvalue weighted by Gasteiger charge is -2.34. The Morgan fingerprint density at radius 2 is 2.30 bits per heavy atom. The van der Waals surface area contributed by atoms with Crippen LogP contribution >= 0.6 is 11.6 Å². The minimum absolute atomic E-state index is 0.111. The van der Waals surface area contributed by atoms with Gasteiger partial charge in [0.1, 0.15) is 5.58 Å². The summed E-state index contributed by atoms with van der Waals surface area (Å²) in [5.74, 6) is 0.562. The molecule has 4 heteroatoms. The largest absolute Gasteiger partial charge is 0.453 e. The van der Waals surface area contributed by atoms with E-state index in [0.717, 1.165) is 37.7 Å². The average Bonchev–Trinajstić information content (AvgIpc) is 2.90. The number of carbonyl (C=O) groups excluding carboxylic acids is 1. The first-order valence-electron chi connectivity index (χ1n) is 7.09. The molecule has 1 fully saturated rings. The molecular weight excluding hydrogens is 274 g/mol. The van der Waals surface area contributed by atoms with Crippen molar-refractivity contribution in [1.82, 2.24) is 5.32 Å². The van der Waals surface area contributed by atoms with Crippen LogP contribution in [0.4, 0.5) is 0 Å². The van der Waals surface area contributed by atoms with E-state index in [1.807, 2.05) is 18.2 Å². The van der Waals surface area contributed by atoms with Crippen LogP contribution in [0, 0.1) is 5.41 Å². The SMILES string of the molecule is CCC1(C(=O)c2cc3cc(Cl)ccc3o2)CCCNC1. The predicted octanol–water partition coefficient (Wildman–Crippen LogP) is 4.05. The first kappa shape index (κ1) is 13.7. The van der Waals surface area contributed by atoms with Gasteiger partial charge in [-0.3, -0.25) is 4.79 Å². The minimum Gasteiger partial charge on any atom is -0.453 e. The molecule has 2 heterocycles. The highest BCUT2D eigenvalue weighted by atomic mass is 35.5. The maximum Gasteiger partial charge on any atom is 0.205 e. The number of Topliss-reactive ketones (excluding diaryl/α,β-unsaturated/α-hetero) is 1. The zero-order chi connectivity index (χ0) is 14.2. The zero-order valence-electron chi connectivity index (χ0n) is 11.5. The number of piperidine rings is 1. The summed E-state index contributed by atoms with van der Waals surface area (Å²) < 4.78 is 5.73. The predicted molar refractivity (Wildman–Crippen MR) is 80.4 cm³/mol. The van der Waals surface area contributed by atoms with Gasteiger partial charge in [-0.15, -0.1) is 0 Å². The van der Waals surface area contributed by atoms with E-state index in [2.05, 4.69) is 12.2 Å². The fraction of sp³-hybridized carbons (Fsp3) is 0.438. The van der Waals surface area contributed by atoms with E-state index in [1.165, 1.54) is 0 Å². The number of halogens is 1. The Balaban J connectivity index is 1.98. The van der Waals surface area contributed by atoms with Gasteiger partial charge < -0.3 is 9.73 Å². The molecule has 0 radical (unpaired) electrons. The molecule has 1 saturated heterocycles. The van der Waals surface area contributed by atoms with E-state index in [4.69, 9.17) is 16.0 Å². The number of rotatable bonds is 3. The average molecular weight is 292 g/mol. The van der Waals surface area contributed by atoms with Crippen LogP contribution in [-0.4, -0.2) is 18.9 Å². The molecule has 1 aliphatic rings. The summed E-state index contributed by atoms with van der Waals surface area (Å²) in [5.41, 5.74) is 0.392. The highest BCUT2D eigenvalue weighted by Crippen LogP contribution is 2.35. The summed E-state index contributed by atoms with van der Waals surface area (Å²) in [5, 5.41) is 4.88. The van der Waals surface area contributed by atoms with Gasteiger partial charge >= 0.3 is 0 Å². The third-order valence-corrected chi connectivity index (χ3v) is 4.57. The fourth-order valence-electron chi connectivity index (χ4n) is 3.01. The lowest BCUT2D eigenvalue weighted by atomic mass is 9.74. The van der Waals surface area contributed by atoms with Crippen molar-refractivity contribution in [2.75, 3.05) is 13.1 Å². The van der Waals surface area contributed by atoms with Gasteiger partial charge in [0.05, 0.1) is 0 Å². The molecule has 1 atom stereocenters. The summed E-state index contributed by atoms with van der Waals surface area (Å²) >= 11 is 5.97. The van der Waals surface area contributed by atoms with Crippen LogP contribution in [0.1, 0.15) is 36.7 Å². The molecule has 1 unspecified atom stereocenters. The normalized spacial score (nSPS) is 23.1. The van der Waals surface area contributed by atoms with Crippen molar-refractivity contribution in [1.29, 1.82) is 0 Å². The van der Waals surface area contributed by atoms with E-state index in [1.54, 1.807) is 6.07 Å². The molecule has 0 saturated carbocycles. The second-order valence-corrected chi connectivity index (χ2v) is 5.97. The minimum atomic E-state index is -0.323. The summed E-state index contributed by atoms with van der Waals surface area (Å²) in [7, 11) is 0. The molecule has 1 aromatic carbocycles. The van der Waals surface area contributed by atoms with Crippen LogP contribution in [0.5, 0.6) is 0 Å². The third kappa shape index (κ3) is 2.25. The van der Waals surface area contributed by atoms with Crippen molar-refractivity contribution in [3.05, 3.63) is 35.0 Å². The van der Waals surface area contributed by atoms with Gasteiger partial charge in [0.15, 0.2) is 5.76 Å². The Bertz CT molecular complexity index is 641. The highest BCUT2D eigenvalue weighted by molar-refractivity contribution is 6.31. The first-order valence-corrected chi connectivity index (χ1v) is 7.47. The molecule has 3 nitrogen and oxygen atoms in total. The third-order valence-electron chi connectivity index (χ3n) is 4.33. The maximum atomic E-state index is 12.8. The van der Waals surface area contributed by atoms with E-state index in [9.17, 15) is 4.79 Å². The molecule has 0 bridgehead atoms. The molecule has 20 heavy (non-hydrogen) atoms. The van der Waals surface area contributed by atoms with Gasteiger partial charge in [0.25, 0.3) is 0 Å². The standard InChI is InChI=1S/C16H18ClNO2/c1-2-16(6-3-7-18-10-16)15(19)14-9-11-8-12(17)4-5-13(11)20-14/h4-5,8-9,18H,2-3,6-7,10H2,1H3. The second-order valence-electron chi connectivity index (χ2n) is 5.54. The van der Waals surface area contributed by atoms with Crippen molar-refractivity contribution in [2.24, 2.45) is 5.41 Å². The van der Waals surface area contributed by atoms with Gasteiger partial charge in [0.2, 0.25) is 5.78 Å². The molecule has 2 aromatic rings. The molecule has 0 spiro atoms. The van der Waals surface area contributed by atoms with Gasteiger partial charge in [-0.05, 0) is 50.1 Å². The molecule has 1 aromatic heterocycles. The van der Waals surface area contributed by atoms with Crippen molar-refractivity contribution in [3.63, 3.8) is 0 Å². The Morgan fingerprint density at radius 3 is 3.00 bits per heavy atom. The van der Waals surface area contributed by atoms with Crippen LogP contribution in [0.15, 0.2) is 28.7 Å². The van der Waals surface area contributed by atoms with Crippen LogP contribution < -0.4 is 5.32 Å². The molecule has 1 aliphatic heterocycles. The summed E-state index contributed by atoms with van der Waals surface area (Å²) in [6, 6.07) is 7.23. The number of nitrogens with one attached hydrogen (secondary N) is 1. The molecule has 0 amide bonds. The number of fused-ring (bicyclic) bond motifs is 1. The number of hydrogen-bond donors (Lipinski definition) is 1. The number of benzene rings is 1. The summed E-state index contributed by atoms with van der Waals surface area (Å²) in [6.45, 7) is 3.80. The van der Waals surface area contributed by atoms with Gasteiger partial charge in [-0.2, -0.15) is 0 Å². The Morgan fingerprint density at radius 1 is 1.45 bits per heavy atom. The number of ketones is 1. The van der Waals surface area contributed by atoms with Gasteiger partial charge in [0, 0.05) is 22.4 Å². The monoisotopic (exact) mass is 291 g/mol.